The van der Waals surface area contributed by atoms with Gasteiger partial charge in [-0.15, -0.1) is 0 Å². The minimum atomic E-state index is -0.343. The third-order valence-electron chi connectivity index (χ3n) is 3.56. The third kappa shape index (κ3) is 4.41. The van der Waals surface area contributed by atoms with Gasteiger partial charge in [-0.3, -0.25) is 4.79 Å². The molecule has 5 heteroatoms. The lowest BCUT2D eigenvalue weighted by molar-refractivity contribution is 0.0950. The number of pyridine rings is 1. The number of amides is 1. The van der Waals surface area contributed by atoms with Gasteiger partial charge in [0.1, 0.15) is 11.4 Å². The zero-order chi connectivity index (χ0) is 17.5. The van der Waals surface area contributed by atoms with Crippen molar-refractivity contribution in [3.05, 3.63) is 71.9 Å². The highest BCUT2D eigenvalue weighted by atomic mass is 16.5. The van der Waals surface area contributed by atoms with Crippen LogP contribution in [0.2, 0.25) is 0 Å². The first kappa shape index (κ1) is 16.6. The summed E-state index contributed by atoms with van der Waals surface area (Å²) in [6.07, 6.45) is 2.56. The first-order valence-electron chi connectivity index (χ1n) is 8.18. The van der Waals surface area contributed by atoms with Crippen LogP contribution in [0.15, 0.2) is 65.8 Å². The summed E-state index contributed by atoms with van der Waals surface area (Å²) < 4.78 is 5.52. The van der Waals surface area contributed by atoms with Gasteiger partial charge in [-0.25, -0.2) is 10.4 Å². The van der Waals surface area contributed by atoms with Crippen LogP contribution in [0.4, 0.5) is 0 Å². The van der Waals surface area contributed by atoms with Gasteiger partial charge in [0.15, 0.2) is 0 Å². The maximum atomic E-state index is 12.1. The van der Waals surface area contributed by atoms with Crippen LogP contribution in [0.3, 0.4) is 0 Å². The minimum absolute atomic E-state index is 0.333. The molecule has 0 fully saturated rings. The molecule has 2 aromatic carbocycles. The Morgan fingerprint density at radius 3 is 2.72 bits per heavy atom. The molecule has 0 bridgehead atoms. The quantitative estimate of drug-likeness (QED) is 0.551. The lowest BCUT2D eigenvalue weighted by atomic mass is 10.2. The number of carbonyl (C=O) groups excluding carboxylic acids is 1. The van der Waals surface area contributed by atoms with E-state index >= 15 is 0 Å². The molecule has 0 saturated heterocycles. The SMILES string of the molecule is CCCOc1ccc(/C=N/NC(=O)c2ccc3ccccc3n2)cc1. The summed E-state index contributed by atoms with van der Waals surface area (Å²) in [4.78, 5) is 16.5. The first-order valence-corrected chi connectivity index (χ1v) is 8.18. The number of carbonyl (C=O) groups is 1. The summed E-state index contributed by atoms with van der Waals surface area (Å²) in [5.74, 6) is 0.480. The molecule has 3 rings (SSSR count). The zero-order valence-corrected chi connectivity index (χ0v) is 14.0. The Labute approximate surface area is 146 Å². The largest absolute Gasteiger partial charge is 0.494 e. The fourth-order valence-electron chi connectivity index (χ4n) is 2.29. The predicted octanol–water partition coefficient (Wildman–Crippen LogP) is 3.79. The number of hydrogen-bond donors (Lipinski definition) is 1. The number of aromatic nitrogens is 1. The maximum absolute atomic E-state index is 12.1. The molecule has 0 radical (unpaired) electrons. The van der Waals surface area contributed by atoms with Crippen molar-refractivity contribution in [2.24, 2.45) is 5.10 Å². The van der Waals surface area contributed by atoms with E-state index in [2.05, 4.69) is 22.4 Å². The van der Waals surface area contributed by atoms with Crippen molar-refractivity contribution < 1.29 is 9.53 Å². The van der Waals surface area contributed by atoms with Gasteiger partial charge >= 0.3 is 0 Å². The van der Waals surface area contributed by atoms with Crippen molar-refractivity contribution in [3.8, 4) is 5.75 Å². The van der Waals surface area contributed by atoms with Gasteiger partial charge in [-0.1, -0.05) is 31.2 Å². The second kappa shape index (κ2) is 8.06. The fourth-order valence-corrected chi connectivity index (χ4v) is 2.29. The Balaban J connectivity index is 1.61. The van der Waals surface area contributed by atoms with Crippen molar-refractivity contribution in [3.63, 3.8) is 0 Å². The molecule has 1 heterocycles. The second-order valence-corrected chi connectivity index (χ2v) is 5.51. The Bertz CT molecular complexity index is 889. The van der Waals surface area contributed by atoms with Crippen LogP contribution in [-0.4, -0.2) is 23.7 Å². The van der Waals surface area contributed by atoms with E-state index in [1.807, 2.05) is 54.6 Å². The van der Waals surface area contributed by atoms with Gasteiger partial charge in [-0.05, 0) is 48.4 Å². The molecule has 126 valence electrons. The molecule has 1 amide bonds. The molecule has 1 aromatic heterocycles. The van der Waals surface area contributed by atoms with Gasteiger partial charge in [0, 0.05) is 5.39 Å². The average Bonchev–Trinajstić information content (AvgIpc) is 2.67. The molecule has 0 aliphatic carbocycles. The van der Waals surface area contributed by atoms with Crippen molar-refractivity contribution in [2.75, 3.05) is 6.61 Å². The molecule has 25 heavy (non-hydrogen) atoms. The minimum Gasteiger partial charge on any atom is -0.494 e. The summed E-state index contributed by atoms with van der Waals surface area (Å²) in [6.45, 7) is 2.76. The average molecular weight is 333 g/mol. The highest BCUT2D eigenvalue weighted by Gasteiger charge is 2.06. The molecule has 0 saturated carbocycles. The summed E-state index contributed by atoms with van der Waals surface area (Å²) in [5.41, 5.74) is 4.48. The van der Waals surface area contributed by atoms with Gasteiger partial charge in [0.2, 0.25) is 0 Å². The van der Waals surface area contributed by atoms with E-state index in [9.17, 15) is 4.79 Å². The van der Waals surface area contributed by atoms with Crippen molar-refractivity contribution in [2.45, 2.75) is 13.3 Å². The van der Waals surface area contributed by atoms with E-state index in [0.29, 0.717) is 12.3 Å². The standard InChI is InChI=1S/C20H19N3O2/c1-2-13-25-17-10-7-15(8-11-17)14-21-23-20(24)19-12-9-16-5-3-4-6-18(16)22-19/h3-12,14H,2,13H2,1H3,(H,23,24)/b21-14+. The van der Waals surface area contributed by atoms with E-state index in [0.717, 1.165) is 28.6 Å². The molecule has 5 nitrogen and oxygen atoms in total. The molecular weight excluding hydrogens is 314 g/mol. The fraction of sp³-hybridized carbons (Fsp3) is 0.150. The molecular formula is C20H19N3O2. The third-order valence-corrected chi connectivity index (χ3v) is 3.56. The van der Waals surface area contributed by atoms with Gasteiger partial charge in [0.25, 0.3) is 5.91 Å². The maximum Gasteiger partial charge on any atom is 0.289 e. The van der Waals surface area contributed by atoms with Gasteiger partial charge < -0.3 is 4.74 Å². The highest BCUT2D eigenvalue weighted by molar-refractivity contribution is 5.95. The first-order chi connectivity index (χ1) is 12.3. The van der Waals surface area contributed by atoms with E-state index in [-0.39, 0.29) is 5.91 Å². The summed E-state index contributed by atoms with van der Waals surface area (Å²) in [5, 5.41) is 4.98. The Morgan fingerprint density at radius 1 is 1.12 bits per heavy atom. The van der Waals surface area contributed by atoms with Gasteiger partial charge in [0.05, 0.1) is 18.3 Å². The normalized spacial score (nSPS) is 10.9. The molecule has 0 atom stereocenters. The number of para-hydroxylation sites is 1. The smallest absolute Gasteiger partial charge is 0.289 e. The zero-order valence-electron chi connectivity index (χ0n) is 14.0. The number of rotatable bonds is 6. The van der Waals surface area contributed by atoms with Crippen molar-refractivity contribution >= 4 is 23.0 Å². The molecule has 1 N–H and O–H groups in total. The molecule has 0 aliphatic rings. The number of benzene rings is 2. The predicted molar refractivity (Wildman–Crippen MR) is 99.0 cm³/mol. The van der Waals surface area contributed by atoms with E-state index in [4.69, 9.17) is 4.74 Å². The number of nitrogens with zero attached hydrogens (tertiary/aromatic N) is 2. The lowest BCUT2D eigenvalue weighted by Crippen LogP contribution is -2.18. The van der Waals surface area contributed by atoms with Crippen LogP contribution in [0.1, 0.15) is 29.4 Å². The number of fused-ring (bicyclic) bond motifs is 1. The topological polar surface area (TPSA) is 63.6 Å². The van der Waals surface area contributed by atoms with Crippen LogP contribution in [0.5, 0.6) is 5.75 Å². The van der Waals surface area contributed by atoms with Crippen LogP contribution in [0.25, 0.3) is 10.9 Å². The van der Waals surface area contributed by atoms with Crippen molar-refractivity contribution in [1.29, 1.82) is 0 Å². The molecule has 3 aromatic rings. The van der Waals surface area contributed by atoms with E-state index in [1.165, 1.54) is 0 Å². The summed E-state index contributed by atoms with van der Waals surface area (Å²) in [6, 6.07) is 18.7. The van der Waals surface area contributed by atoms with E-state index in [1.54, 1.807) is 12.3 Å². The number of hydrogen-bond acceptors (Lipinski definition) is 4. The van der Waals surface area contributed by atoms with Crippen LogP contribution >= 0.6 is 0 Å². The Morgan fingerprint density at radius 2 is 1.92 bits per heavy atom. The Hall–Kier alpha value is -3.21. The number of nitrogens with one attached hydrogen (secondary N) is 1. The molecule has 0 spiro atoms. The lowest BCUT2D eigenvalue weighted by Gasteiger charge is -2.04. The van der Waals surface area contributed by atoms with Gasteiger partial charge in [-0.2, -0.15) is 5.10 Å². The van der Waals surface area contributed by atoms with Crippen LogP contribution < -0.4 is 10.2 Å². The van der Waals surface area contributed by atoms with E-state index < -0.39 is 0 Å². The highest BCUT2D eigenvalue weighted by Crippen LogP contribution is 2.12. The summed E-state index contributed by atoms with van der Waals surface area (Å²) in [7, 11) is 0. The molecule has 0 unspecified atom stereocenters. The van der Waals surface area contributed by atoms with Crippen molar-refractivity contribution in [1.82, 2.24) is 10.4 Å². The number of ether oxygens (including phenoxy) is 1. The monoisotopic (exact) mass is 333 g/mol. The van der Waals surface area contributed by atoms with Crippen LogP contribution in [0, 0.1) is 0 Å². The van der Waals surface area contributed by atoms with Crippen LogP contribution in [-0.2, 0) is 0 Å². The second-order valence-electron chi connectivity index (χ2n) is 5.51. The Kier molecular flexibility index (Phi) is 5.36. The number of hydrazone groups is 1. The summed E-state index contributed by atoms with van der Waals surface area (Å²) >= 11 is 0. The molecule has 0 aliphatic heterocycles.